The van der Waals surface area contributed by atoms with E-state index in [1.807, 2.05) is 0 Å². The topological polar surface area (TPSA) is 38.5 Å². The van der Waals surface area contributed by atoms with Crippen LogP contribution in [0, 0.1) is 5.41 Å². The molecule has 3 nitrogen and oxygen atoms in total. The van der Waals surface area contributed by atoms with Crippen molar-refractivity contribution in [3.8, 4) is 5.75 Å². The molecule has 0 saturated heterocycles. The Morgan fingerprint density at radius 2 is 2.14 bits per heavy atom. The predicted octanol–water partition coefficient (Wildman–Crippen LogP) is 3.38. The van der Waals surface area contributed by atoms with E-state index in [9.17, 15) is 0 Å². The zero-order chi connectivity index (χ0) is 15.5. The number of fused-ring (bicyclic) bond motifs is 1. The summed E-state index contributed by atoms with van der Waals surface area (Å²) in [6.07, 6.45) is 3.67. The van der Waals surface area contributed by atoms with Crippen molar-refractivity contribution >= 4 is 0 Å². The summed E-state index contributed by atoms with van der Waals surface area (Å²) in [4.78, 5) is 2.59. The van der Waals surface area contributed by atoms with E-state index in [2.05, 4.69) is 43.9 Å². The van der Waals surface area contributed by atoms with Crippen LogP contribution in [0.3, 0.4) is 0 Å². The van der Waals surface area contributed by atoms with Crippen molar-refractivity contribution in [1.82, 2.24) is 4.90 Å². The van der Waals surface area contributed by atoms with Gasteiger partial charge in [-0.15, -0.1) is 0 Å². The summed E-state index contributed by atoms with van der Waals surface area (Å²) in [5, 5.41) is 0. The number of aryl methyl sites for hydroxylation is 1. The number of hydrogen-bond donors (Lipinski definition) is 1. The van der Waals surface area contributed by atoms with E-state index >= 15 is 0 Å². The largest absolute Gasteiger partial charge is 0.497 e. The second-order valence-corrected chi connectivity index (χ2v) is 6.90. The Bertz CT molecular complexity index is 470. The van der Waals surface area contributed by atoms with Crippen LogP contribution in [0.15, 0.2) is 18.2 Å². The summed E-state index contributed by atoms with van der Waals surface area (Å²) < 4.78 is 5.37. The molecule has 2 rings (SSSR count). The molecule has 1 aromatic rings. The molecule has 1 aromatic carbocycles. The van der Waals surface area contributed by atoms with Gasteiger partial charge in [0.25, 0.3) is 0 Å². The van der Waals surface area contributed by atoms with Gasteiger partial charge in [-0.1, -0.05) is 26.8 Å². The van der Waals surface area contributed by atoms with Crippen molar-refractivity contribution in [3.63, 3.8) is 0 Å². The summed E-state index contributed by atoms with van der Waals surface area (Å²) in [7, 11) is 1.74. The maximum absolute atomic E-state index is 5.93. The summed E-state index contributed by atoms with van der Waals surface area (Å²) >= 11 is 0. The van der Waals surface area contributed by atoms with Gasteiger partial charge in [-0.25, -0.2) is 0 Å². The third-order valence-electron chi connectivity index (χ3n) is 4.66. The van der Waals surface area contributed by atoms with Crippen molar-refractivity contribution in [2.45, 2.75) is 46.1 Å². The first-order valence-electron chi connectivity index (χ1n) is 8.11. The summed E-state index contributed by atoms with van der Waals surface area (Å²) in [6, 6.07) is 7.09. The molecule has 0 heterocycles. The zero-order valence-electron chi connectivity index (χ0n) is 14.0. The normalized spacial score (nSPS) is 18.7. The SMILES string of the molecule is CCN(CC(C)(C)CN)C1CCCc2cc(OC)ccc21. The molecule has 0 radical (unpaired) electrons. The van der Waals surface area contributed by atoms with E-state index in [4.69, 9.17) is 10.5 Å². The molecule has 0 bridgehead atoms. The zero-order valence-corrected chi connectivity index (χ0v) is 14.0. The number of benzene rings is 1. The van der Waals surface area contributed by atoms with Gasteiger partial charge in [0.15, 0.2) is 0 Å². The molecule has 0 saturated carbocycles. The van der Waals surface area contributed by atoms with Gasteiger partial charge in [0.05, 0.1) is 7.11 Å². The second-order valence-electron chi connectivity index (χ2n) is 6.90. The first-order chi connectivity index (χ1) is 10.0. The first-order valence-corrected chi connectivity index (χ1v) is 8.11. The van der Waals surface area contributed by atoms with Crippen LogP contribution in [0.2, 0.25) is 0 Å². The van der Waals surface area contributed by atoms with Gasteiger partial charge < -0.3 is 10.5 Å². The van der Waals surface area contributed by atoms with Gasteiger partial charge in [0.1, 0.15) is 5.75 Å². The second kappa shape index (κ2) is 6.80. The van der Waals surface area contributed by atoms with Crippen LogP contribution in [0.25, 0.3) is 0 Å². The van der Waals surface area contributed by atoms with Crippen LogP contribution < -0.4 is 10.5 Å². The third kappa shape index (κ3) is 3.78. The molecule has 1 atom stereocenters. The molecular formula is C18H30N2O. The molecule has 2 N–H and O–H groups in total. The highest BCUT2D eigenvalue weighted by Crippen LogP contribution is 2.37. The molecule has 0 aliphatic heterocycles. The van der Waals surface area contributed by atoms with Crippen LogP contribution in [0.5, 0.6) is 5.75 Å². The van der Waals surface area contributed by atoms with E-state index < -0.39 is 0 Å². The predicted molar refractivity (Wildman–Crippen MR) is 88.8 cm³/mol. The Morgan fingerprint density at radius 3 is 2.76 bits per heavy atom. The molecule has 1 unspecified atom stereocenters. The Morgan fingerprint density at radius 1 is 1.38 bits per heavy atom. The van der Waals surface area contributed by atoms with Crippen LogP contribution in [-0.2, 0) is 6.42 Å². The quantitative estimate of drug-likeness (QED) is 0.873. The van der Waals surface area contributed by atoms with Crippen molar-refractivity contribution in [3.05, 3.63) is 29.3 Å². The summed E-state index contributed by atoms with van der Waals surface area (Å²) in [5.74, 6) is 0.972. The Hall–Kier alpha value is -1.06. The van der Waals surface area contributed by atoms with Crippen molar-refractivity contribution < 1.29 is 4.74 Å². The van der Waals surface area contributed by atoms with Crippen LogP contribution in [0.4, 0.5) is 0 Å². The molecule has 0 aromatic heterocycles. The van der Waals surface area contributed by atoms with E-state index in [1.165, 1.54) is 30.4 Å². The monoisotopic (exact) mass is 290 g/mol. The molecule has 118 valence electrons. The van der Waals surface area contributed by atoms with Crippen molar-refractivity contribution in [2.75, 3.05) is 26.7 Å². The van der Waals surface area contributed by atoms with E-state index in [0.29, 0.717) is 6.04 Å². The summed E-state index contributed by atoms with van der Waals surface area (Å²) in [5.41, 5.74) is 9.03. The maximum atomic E-state index is 5.93. The Balaban J connectivity index is 2.25. The third-order valence-corrected chi connectivity index (χ3v) is 4.66. The number of ether oxygens (including phenoxy) is 1. The molecule has 21 heavy (non-hydrogen) atoms. The Kier molecular flexibility index (Phi) is 5.28. The average molecular weight is 290 g/mol. The summed E-state index contributed by atoms with van der Waals surface area (Å²) in [6.45, 7) is 9.62. The highest BCUT2D eigenvalue weighted by atomic mass is 16.5. The lowest BCUT2D eigenvalue weighted by Gasteiger charge is -2.39. The van der Waals surface area contributed by atoms with E-state index in [-0.39, 0.29) is 5.41 Å². The standard InChI is InChI=1S/C18H30N2O/c1-5-20(13-18(2,3)12-19)17-8-6-7-14-11-15(21-4)9-10-16(14)17/h9-11,17H,5-8,12-13,19H2,1-4H3. The molecule has 0 fully saturated rings. The lowest BCUT2D eigenvalue weighted by atomic mass is 9.84. The molecular weight excluding hydrogens is 260 g/mol. The van der Waals surface area contributed by atoms with Gasteiger partial charge in [0, 0.05) is 12.6 Å². The molecule has 3 heteroatoms. The number of methoxy groups -OCH3 is 1. The lowest BCUT2D eigenvalue weighted by Crippen LogP contribution is -2.41. The lowest BCUT2D eigenvalue weighted by molar-refractivity contribution is 0.127. The minimum atomic E-state index is 0.167. The number of nitrogens with zero attached hydrogens (tertiary/aromatic N) is 1. The van der Waals surface area contributed by atoms with Gasteiger partial charge >= 0.3 is 0 Å². The number of hydrogen-bond acceptors (Lipinski definition) is 3. The van der Waals surface area contributed by atoms with Gasteiger partial charge in [0.2, 0.25) is 0 Å². The minimum absolute atomic E-state index is 0.167. The van der Waals surface area contributed by atoms with E-state index in [0.717, 1.165) is 25.4 Å². The fourth-order valence-corrected chi connectivity index (χ4v) is 3.33. The fourth-order valence-electron chi connectivity index (χ4n) is 3.33. The first kappa shape index (κ1) is 16.3. The van der Waals surface area contributed by atoms with Crippen LogP contribution >= 0.6 is 0 Å². The highest BCUT2D eigenvalue weighted by molar-refractivity contribution is 5.39. The van der Waals surface area contributed by atoms with Gasteiger partial charge in [-0.05, 0) is 61.0 Å². The smallest absolute Gasteiger partial charge is 0.119 e. The highest BCUT2D eigenvalue weighted by Gasteiger charge is 2.29. The molecule has 0 amide bonds. The van der Waals surface area contributed by atoms with Gasteiger partial charge in [-0.2, -0.15) is 0 Å². The van der Waals surface area contributed by atoms with Gasteiger partial charge in [-0.3, -0.25) is 4.90 Å². The number of nitrogens with two attached hydrogens (primary N) is 1. The Labute approximate surface area is 129 Å². The van der Waals surface area contributed by atoms with E-state index in [1.54, 1.807) is 7.11 Å². The van der Waals surface area contributed by atoms with Crippen LogP contribution in [0.1, 0.15) is 50.8 Å². The number of rotatable bonds is 6. The van der Waals surface area contributed by atoms with Crippen molar-refractivity contribution in [2.24, 2.45) is 11.1 Å². The molecule has 1 aliphatic rings. The van der Waals surface area contributed by atoms with Crippen molar-refractivity contribution in [1.29, 1.82) is 0 Å². The average Bonchev–Trinajstić information content (AvgIpc) is 2.51. The fraction of sp³-hybridized carbons (Fsp3) is 0.667. The molecule has 0 spiro atoms. The molecule has 1 aliphatic carbocycles. The minimum Gasteiger partial charge on any atom is -0.497 e. The van der Waals surface area contributed by atoms with Crippen LogP contribution in [-0.4, -0.2) is 31.6 Å². The maximum Gasteiger partial charge on any atom is 0.119 e.